The third-order valence-electron chi connectivity index (χ3n) is 3.85. The maximum absolute atomic E-state index is 12.3. The van der Waals surface area contributed by atoms with Gasteiger partial charge in [-0.3, -0.25) is 9.78 Å². The largest absolute Gasteiger partial charge is 0.324 e. The summed E-state index contributed by atoms with van der Waals surface area (Å²) in [5, 5.41) is 16.3. The number of aromatic nitrogens is 3. The molecular formula is C19H16ClN5O. The summed E-state index contributed by atoms with van der Waals surface area (Å²) < 4.78 is 1.62. The number of aryl methyl sites for hydroxylation is 1. The lowest BCUT2D eigenvalue weighted by atomic mass is 10.1. The molecule has 7 heteroatoms. The number of hydrogen-bond acceptors (Lipinski definition) is 4. The number of pyridine rings is 1. The SMILES string of the molecule is CCc1nccc(NC(=O)Cc2ccc(-n3cc(C#N)cn3)cc2)c1Cl. The molecule has 0 saturated carbocycles. The summed E-state index contributed by atoms with van der Waals surface area (Å²) in [7, 11) is 0. The van der Waals surface area contributed by atoms with Crippen molar-refractivity contribution in [3.05, 3.63) is 70.8 Å². The molecule has 2 heterocycles. The minimum Gasteiger partial charge on any atom is -0.324 e. The zero-order valence-electron chi connectivity index (χ0n) is 14.1. The van der Waals surface area contributed by atoms with Crippen LogP contribution in [-0.4, -0.2) is 20.7 Å². The average molecular weight is 366 g/mol. The molecule has 2 aromatic heterocycles. The van der Waals surface area contributed by atoms with Gasteiger partial charge in [0.2, 0.25) is 5.91 Å². The highest BCUT2D eigenvalue weighted by Gasteiger charge is 2.10. The fourth-order valence-corrected chi connectivity index (χ4v) is 2.79. The van der Waals surface area contributed by atoms with E-state index in [1.54, 1.807) is 23.1 Å². The summed E-state index contributed by atoms with van der Waals surface area (Å²) in [6, 6.07) is 11.1. The number of carbonyl (C=O) groups is 1. The molecule has 3 rings (SSSR count). The van der Waals surface area contributed by atoms with Crippen molar-refractivity contribution in [3.8, 4) is 11.8 Å². The lowest BCUT2D eigenvalue weighted by Crippen LogP contribution is -2.15. The Hall–Kier alpha value is -3.17. The maximum atomic E-state index is 12.3. The van der Waals surface area contributed by atoms with Gasteiger partial charge in [0.05, 0.1) is 40.3 Å². The van der Waals surface area contributed by atoms with Crippen LogP contribution in [-0.2, 0) is 17.6 Å². The summed E-state index contributed by atoms with van der Waals surface area (Å²) in [6.07, 6.45) is 5.71. The van der Waals surface area contributed by atoms with E-state index < -0.39 is 0 Å². The molecule has 0 saturated heterocycles. The van der Waals surface area contributed by atoms with Crippen LogP contribution >= 0.6 is 11.6 Å². The molecule has 0 atom stereocenters. The minimum atomic E-state index is -0.154. The first-order chi connectivity index (χ1) is 12.6. The van der Waals surface area contributed by atoms with Crippen LogP contribution in [0.25, 0.3) is 5.69 Å². The predicted molar refractivity (Wildman–Crippen MR) is 99.2 cm³/mol. The molecule has 3 aromatic rings. The van der Waals surface area contributed by atoms with Crippen LogP contribution in [0.4, 0.5) is 5.69 Å². The van der Waals surface area contributed by atoms with Gasteiger partial charge < -0.3 is 5.32 Å². The first-order valence-corrected chi connectivity index (χ1v) is 8.45. The Balaban J connectivity index is 1.67. The van der Waals surface area contributed by atoms with Crippen molar-refractivity contribution in [2.75, 3.05) is 5.32 Å². The molecule has 0 aliphatic carbocycles. The van der Waals surface area contributed by atoms with Crippen molar-refractivity contribution < 1.29 is 4.79 Å². The second-order valence-corrected chi connectivity index (χ2v) is 6.03. The van der Waals surface area contributed by atoms with E-state index in [1.165, 1.54) is 6.20 Å². The third-order valence-corrected chi connectivity index (χ3v) is 4.27. The number of hydrogen-bond donors (Lipinski definition) is 1. The number of nitrogens with one attached hydrogen (secondary N) is 1. The van der Waals surface area contributed by atoms with Crippen LogP contribution in [0.15, 0.2) is 48.9 Å². The summed E-state index contributed by atoms with van der Waals surface area (Å²) in [4.78, 5) is 16.5. The number of anilines is 1. The van der Waals surface area contributed by atoms with E-state index in [9.17, 15) is 4.79 Å². The normalized spacial score (nSPS) is 10.3. The van der Waals surface area contributed by atoms with Crippen molar-refractivity contribution >= 4 is 23.2 Å². The Labute approximate surface area is 156 Å². The van der Waals surface area contributed by atoms with Crippen molar-refractivity contribution in [1.82, 2.24) is 14.8 Å². The fourth-order valence-electron chi connectivity index (χ4n) is 2.50. The monoisotopic (exact) mass is 365 g/mol. The standard InChI is InChI=1S/C19H16ClN5O/c1-2-16-19(20)17(7-8-22-16)24-18(26)9-13-3-5-15(6-4-13)25-12-14(10-21)11-23-25/h3-8,11-12H,2,9H2,1H3,(H,22,24,26). The van der Waals surface area contributed by atoms with Crippen molar-refractivity contribution in [2.45, 2.75) is 19.8 Å². The molecule has 0 unspecified atom stereocenters. The molecule has 0 spiro atoms. The minimum absolute atomic E-state index is 0.154. The number of nitrogens with zero attached hydrogens (tertiary/aromatic N) is 4. The van der Waals surface area contributed by atoms with Gasteiger partial charge >= 0.3 is 0 Å². The zero-order valence-corrected chi connectivity index (χ0v) is 14.9. The maximum Gasteiger partial charge on any atom is 0.228 e. The number of carbonyl (C=O) groups excluding carboxylic acids is 1. The number of rotatable bonds is 5. The molecule has 0 fully saturated rings. The third kappa shape index (κ3) is 3.90. The van der Waals surface area contributed by atoms with Gasteiger partial charge in [-0.05, 0) is 30.2 Å². The van der Waals surface area contributed by atoms with Crippen LogP contribution in [0, 0.1) is 11.3 Å². The van der Waals surface area contributed by atoms with Gasteiger partial charge in [-0.1, -0.05) is 30.7 Å². The summed E-state index contributed by atoms with van der Waals surface area (Å²) in [5.74, 6) is -0.154. The first kappa shape index (κ1) is 17.6. The van der Waals surface area contributed by atoms with E-state index >= 15 is 0 Å². The van der Waals surface area contributed by atoms with Gasteiger partial charge in [0.15, 0.2) is 0 Å². The van der Waals surface area contributed by atoms with Gasteiger partial charge in [-0.15, -0.1) is 0 Å². The smallest absolute Gasteiger partial charge is 0.228 e. The van der Waals surface area contributed by atoms with E-state index in [1.807, 2.05) is 37.3 Å². The van der Waals surface area contributed by atoms with Gasteiger partial charge in [0, 0.05) is 12.4 Å². The van der Waals surface area contributed by atoms with Crippen LogP contribution in [0.1, 0.15) is 23.7 Å². The van der Waals surface area contributed by atoms with Gasteiger partial charge in [-0.25, -0.2) is 4.68 Å². The molecule has 26 heavy (non-hydrogen) atoms. The van der Waals surface area contributed by atoms with Gasteiger partial charge in [0.25, 0.3) is 0 Å². The number of nitriles is 1. The Bertz CT molecular complexity index is 972. The molecule has 0 aliphatic heterocycles. The zero-order chi connectivity index (χ0) is 18.5. The van der Waals surface area contributed by atoms with Crippen molar-refractivity contribution in [2.24, 2.45) is 0 Å². The topological polar surface area (TPSA) is 83.6 Å². The van der Waals surface area contributed by atoms with Gasteiger partial charge in [-0.2, -0.15) is 10.4 Å². The molecule has 1 N–H and O–H groups in total. The number of benzene rings is 1. The van der Waals surface area contributed by atoms with E-state index in [2.05, 4.69) is 15.4 Å². The van der Waals surface area contributed by atoms with E-state index in [-0.39, 0.29) is 12.3 Å². The van der Waals surface area contributed by atoms with Crippen LogP contribution < -0.4 is 5.32 Å². The van der Waals surface area contributed by atoms with Crippen molar-refractivity contribution in [1.29, 1.82) is 5.26 Å². The summed E-state index contributed by atoms with van der Waals surface area (Å²) >= 11 is 6.25. The van der Waals surface area contributed by atoms with E-state index in [4.69, 9.17) is 16.9 Å². The highest BCUT2D eigenvalue weighted by Crippen LogP contribution is 2.24. The van der Waals surface area contributed by atoms with Crippen LogP contribution in [0.2, 0.25) is 5.02 Å². The van der Waals surface area contributed by atoms with Crippen LogP contribution in [0.3, 0.4) is 0 Å². The number of amides is 1. The molecule has 0 radical (unpaired) electrons. The molecule has 130 valence electrons. The highest BCUT2D eigenvalue weighted by molar-refractivity contribution is 6.34. The fraction of sp³-hybridized carbons (Fsp3) is 0.158. The molecule has 0 aliphatic rings. The molecular weight excluding hydrogens is 350 g/mol. The van der Waals surface area contributed by atoms with Crippen molar-refractivity contribution in [3.63, 3.8) is 0 Å². The quantitative estimate of drug-likeness (QED) is 0.749. The second kappa shape index (κ2) is 7.81. The van der Waals surface area contributed by atoms with E-state index in [0.29, 0.717) is 22.7 Å². The number of halogens is 1. The Morgan fingerprint density at radius 2 is 2.08 bits per heavy atom. The molecule has 1 amide bonds. The van der Waals surface area contributed by atoms with Crippen LogP contribution in [0.5, 0.6) is 0 Å². The lowest BCUT2D eigenvalue weighted by molar-refractivity contribution is -0.115. The molecule has 6 nitrogen and oxygen atoms in total. The predicted octanol–water partition coefficient (Wildman–Crippen LogP) is 3.54. The Kier molecular flexibility index (Phi) is 5.30. The van der Waals surface area contributed by atoms with E-state index in [0.717, 1.165) is 16.9 Å². The molecule has 1 aromatic carbocycles. The second-order valence-electron chi connectivity index (χ2n) is 5.65. The Morgan fingerprint density at radius 1 is 1.31 bits per heavy atom. The summed E-state index contributed by atoms with van der Waals surface area (Å²) in [5.41, 5.74) is 3.50. The average Bonchev–Trinajstić information content (AvgIpc) is 3.13. The molecule has 0 bridgehead atoms. The first-order valence-electron chi connectivity index (χ1n) is 8.08. The van der Waals surface area contributed by atoms with Gasteiger partial charge in [0.1, 0.15) is 6.07 Å². The highest BCUT2D eigenvalue weighted by atomic mass is 35.5. The Morgan fingerprint density at radius 3 is 2.73 bits per heavy atom. The lowest BCUT2D eigenvalue weighted by Gasteiger charge is -2.10. The summed E-state index contributed by atoms with van der Waals surface area (Å²) in [6.45, 7) is 1.96.